The number of nitriles is 1. The number of aliphatic carboxylic acids is 1. The maximum atomic E-state index is 10.7. The van der Waals surface area contributed by atoms with E-state index in [1.807, 2.05) is 42.2 Å². The monoisotopic (exact) mass is 276 g/mol. The quantitative estimate of drug-likeness (QED) is 0.700. The fourth-order valence-corrected chi connectivity index (χ4v) is 1.82. The van der Waals surface area contributed by atoms with E-state index in [-0.39, 0.29) is 6.42 Å². The molecule has 0 aliphatic rings. The van der Waals surface area contributed by atoms with Crippen LogP contribution in [0.15, 0.2) is 24.3 Å². The minimum atomic E-state index is -0.812. The molecular weight excluding hydrogens is 256 g/mol. The fraction of sp³-hybridized carbons (Fsp3) is 0.467. The van der Waals surface area contributed by atoms with Gasteiger partial charge in [-0.05, 0) is 24.6 Å². The van der Waals surface area contributed by atoms with E-state index in [1.165, 1.54) is 0 Å². The Morgan fingerprint density at radius 3 is 2.85 bits per heavy atom. The lowest BCUT2D eigenvalue weighted by atomic mass is 10.2. The van der Waals surface area contributed by atoms with Gasteiger partial charge in [0.25, 0.3) is 0 Å². The van der Waals surface area contributed by atoms with Gasteiger partial charge in [-0.15, -0.1) is 0 Å². The van der Waals surface area contributed by atoms with Gasteiger partial charge in [0.15, 0.2) is 0 Å². The van der Waals surface area contributed by atoms with Crippen molar-refractivity contribution in [3.8, 4) is 6.07 Å². The minimum Gasteiger partial charge on any atom is -0.481 e. The van der Waals surface area contributed by atoms with E-state index in [9.17, 15) is 4.79 Å². The summed E-state index contributed by atoms with van der Waals surface area (Å²) in [6.45, 7) is 3.96. The van der Waals surface area contributed by atoms with Crippen LogP contribution in [0.25, 0.3) is 0 Å². The molecule has 0 saturated carbocycles. The van der Waals surface area contributed by atoms with E-state index >= 15 is 0 Å². The van der Waals surface area contributed by atoms with Gasteiger partial charge in [0.2, 0.25) is 0 Å². The van der Waals surface area contributed by atoms with Gasteiger partial charge in [-0.1, -0.05) is 12.1 Å². The predicted octanol–water partition coefficient (Wildman–Crippen LogP) is 2.21. The molecule has 0 spiro atoms. The predicted molar refractivity (Wildman–Crippen MR) is 76.7 cm³/mol. The van der Waals surface area contributed by atoms with Crippen LogP contribution in [0.5, 0.6) is 0 Å². The molecule has 1 aromatic carbocycles. The number of carboxylic acid groups (broad SMARTS) is 1. The summed E-state index contributed by atoms with van der Waals surface area (Å²) in [5.41, 5.74) is 2.13. The molecule has 0 bridgehead atoms. The molecule has 5 nitrogen and oxygen atoms in total. The summed E-state index contributed by atoms with van der Waals surface area (Å²) < 4.78 is 5.35. The zero-order valence-corrected chi connectivity index (χ0v) is 11.7. The molecule has 0 saturated heterocycles. The highest BCUT2D eigenvalue weighted by atomic mass is 16.5. The normalized spacial score (nSPS) is 10.0. The van der Waals surface area contributed by atoms with Crippen molar-refractivity contribution in [3.63, 3.8) is 0 Å². The molecule has 0 radical (unpaired) electrons. The van der Waals surface area contributed by atoms with Crippen LogP contribution in [0.4, 0.5) is 5.69 Å². The summed E-state index contributed by atoms with van der Waals surface area (Å²) in [7, 11) is 0. The molecule has 0 aliphatic heterocycles. The SMILES string of the molecule is Cc1cccc(N(CCOCCC#N)CCC(=O)O)c1. The molecule has 108 valence electrons. The highest BCUT2D eigenvalue weighted by Gasteiger charge is 2.08. The zero-order valence-electron chi connectivity index (χ0n) is 11.7. The second kappa shape index (κ2) is 8.94. The lowest BCUT2D eigenvalue weighted by Crippen LogP contribution is -2.30. The number of benzene rings is 1. The third-order valence-corrected chi connectivity index (χ3v) is 2.83. The van der Waals surface area contributed by atoms with Gasteiger partial charge < -0.3 is 14.7 Å². The smallest absolute Gasteiger partial charge is 0.305 e. The minimum absolute atomic E-state index is 0.0894. The Labute approximate surface area is 119 Å². The van der Waals surface area contributed by atoms with Crippen LogP contribution < -0.4 is 4.90 Å². The number of carboxylic acids is 1. The Balaban J connectivity index is 2.56. The van der Waals surface area contributed by atoms with Gasteiger partial charge in [0.05, 0.1) is 32.1 Å². The molecule has 1 N–H and O–H groups in total. The zero-order chi connectivity index (χ0) is 14.8. The molecule has 5 heteroatoms. The summed E-state index contributed by atoms with van der Waals surface area (Å²) in [5, 5.41) is 17.2. The molecule has 0 amide bonds. The summed E-state index contributed by atoms with van der Waals surface area (Å²) in [5.74, 6) is -0.812. The number of anilines is 1. The molecule has 20 heavy (non-hydrogen) atoms. The second-order valence-corrected chi connectivity index (χ2v) is 4.49. The van der Waals surface area contributed by atoms with Crippen LogP contribution in [-0.4, -0.2) is 37.4 Å². The first-order chi connectivity index (χ1) is 9.63. The second-order valence-electron chi connectivity index (χ2n) is 4.49. The van der Waals surface area contributed by atoms with Crippen LogP contribution >= 0.6 is 0 Å². The van der Waals surface area contributed by atoms with Crippen molar-refractivity contribution in [2.45, 2.75) is 19.8 Å². The number of ether oxygens (including phenoxy) is 1. The van der Waals surface area contributed by atoms with Gasteiger partial charge in [-0.2, -0.15) is 5.26 Å². The van der Waals surface area contributed by atoms with Crippen LogP contribution in [0.2, 0.25) is 0 Å². The van der Waals surface area contributed by atoms with Gasteiger partial charge in [-0.25, -0.2) is 0 Å². The average molecular weight is 276 g/mol. The van der Waals surface area contributed by atoms with E-state index in [0.717, 1.165) is 11.3 Å². The Bertz CT molecular complexity index is 468. The van der Waals surface area contributed by atoms with E-state index in [1.54, 1.807) is 0 Å². The Morgan fingerprint density at radius 1 is 1.40 bits per heavy atom. The molecule has 0 heterocycles. The van der Waals surface area contributed by atoms with Crippen molar-refractivity contribution in [1.82, 2.24) is 0 Å². The van der Waals surface area contributed by atoms with Crippen molar-refractivity contribution in [2.24, 2.45) is 0 Å². The molecule has 0 fully saturated rings. The topological polar surface area (TPSA) is 73.6 Å². The highest BCUT2D eigenvalue weighted by molar-refractivity contribution is 5.67. The largest absolute Gasteiger partial charge is 0.481 e. The van der Waals surface area contributed by atoms with Crippen LogP contribution in [-0.2, 0) is 9.53 Å². The summed E-state index contributed by atoms with van der Waals surface area (Å²) >= 11 is 0. The lowest BCUT2D eigenvalue weighted by molar-refractivity contribution is -0.136. The third kappa shape index (κ3) is 6.21. The summed E-state index contributed by atoms with van der Waals surface area (Å²) in [6.07, 6.45) is 0.464. The van der Waals surface area contributed by atoms with Crippen LogP contribution in [0.3, 0.4) is 0 Å². The Morgan fingerprint density at radius 2 is 2.20 bits per heavy atom. The van der Waals surface area contributed by atoms with E-state index < -0.39 is 5.97 Å². The molecular formula is C15H20N2O3. The van der Waals surface area contributed by atoms with E-state index in [2.05, 4.69) is 0 Å². The fourth-order valence-electron chi connectivity index (χ4n) is 1.82. The maximum Gasteiger partial charge on any atom is 0.305 e. The molecule has 0 aromatic heterocycles. The van der Waals surface area contributed by atoms with Crippen molar-refractivity contribution >= 4 is 11.7 Å². The van der Waals surface area contributed by atoms with Gasteiger partial charge in [0.1, 0.15) is 0 Å². The number of aryl methyl sites for hydroxylation is 1. The Kier molecular flexibility index (Phi) is 7.15. The van der Waals surface area contributed by atoms with Gasteiger partial charge in [-0.3, -0.25) is 4.79 Å². The lowest BCUT2D eigenvalue weighted by Gasteiger charge is -2.24. The maximum absolute atomic E-state index is 10.7. The van der Waals surface area contributed by atoms with Crippen molar-refractivity contribution in [3.05, 3.63) is 29.8 Å². The summed E-state index contributed by atoms with van der Waals surface area (Å²) in [6, 6.07) is 9.96. The molecule has 0 aliphatic carbocycles. The third-order valence-electron chi connectivity index (χ3n) is 2.83. The highest BCUT2D eigenvalue weighted by Crippen LogP contribution is 2.16. The molecule has 0 atom stereocenters. The molecule has 0 unspecified atom stereocenters. The standard InChI is InChI=1S/C15H20N2O3/c1-13-4-2-5-14(12-13)17(8-6-15(18)19)9-11-20-10-3-7-16/h2,4-5,12H,3,6,8-11H2,1H3,(H,18,19). The van der Waals surface area contributed by atoms with E-state index in [0.29, 0.717) is 32.7 Å². The number of hydrogen-bond acceptors (Lipinski definition) is 4. The van der Waals surface area contributed by atoms with Crippen LogP contribution in [0.1, 0.15) is 18.4 Å². The van der Waals surface area contributed by atoms with E-state index in [4.69, 9.17) is 15.1 Å². The molecule has 1 rings (SSSR count). The Hall–Kier alpha value is -2.06. The number of hydrogen-bond donors (Lipinski definition) is 1. The molecule has 1 aromatic rings. The van der Waals surface area contributed by atoms with Gasteiger partial charge in [0, 0.05) is 18.8 Å². The average Bonchev–Trinajstić information content (AvgIpc) is 2.41. The number of rotatable bonds is 9. The number of nitrogens with zero attached hydrogens (tertiary/aromatic N) is 2. The first-order valence-corrected chi connectivity index (χ1v) is 6.61. The number of carbonyl (C=O) groups is 1. The van der Waals surface area contributed by atoms with Gasteiger partial charge >= 0.3 is 5.97 Å². The van der Waals surface area contributed by atoms with Crippen molar-refractivity contribution in [2.75, 3.05) is 31.2 Å². The first-order valence-electron chi connectivity index (χ1n) is 6.61. The first kappa shape index (κ1) is 16.0. The van der Waals surface area contributed by atoms with Crippen molar-refractivity contribution < 1.29 is 14.6 Å². The van der Waals surface area contributed by atoms with Crippen LogP contribution in [0, 0.1) is 18.3 Å². The van der Waals surface area contributed by atoms with Crippen molar-refractivity contribution in [1.29, 1.82) is 5.26 Å². The summed E-state index contributed by atoms with van der Waals surface area (Å²) in [4.78, 5) is 12.7.